The van der Waals surface area contributed by atoms with Crippen molar-refractivity contribution in [2.24, 2.45) is 5.10 Å². The van der Waals surface area contributed by atoms with Gasteiger partial charge in [-0.15, -0.1) is 22.7 Å². The molecule has 0 saturated carbocycles. The van der Waals surface area contributed by atoms with Crippen LogP contribution in [0.1, 0.15) is 17.5 Å². The highest BCUT2D eigenvalue weighted by Gasteiger charge is 2.12. The highest BCUT2D eigenvalue weighted by atomic mass is 35.5. The minimum Gasteiger partial charge on any atom is -0.252 e. The van der Waals surface area contributed by atoms with Crippen molar-refractivity contribution < 1.29 is 0 Å². The van der Waals surface area contributed by atoms with Crippen LogP contribution in [0.5, 0.6) is 0 Å². The van der Waals surface area contributed by atoms with Gasteiger partial charge in [-0.25, -0.2) is 9.97 Å². The molecule has 4 rings (SSSR count). The zero-order valence-electron chi connectivity index (χ0n) is 15.3. The summed E-state index contributed by atoms with van der Waals surface area (Å²) in [6, 6.07) is 17.8. The number of hydrazone groups is 1. The topological polar surface area (TPSA) is 50.2 Å². The quantitative estimate of drug-likeness (QED) is 0.285. The molecule has 7 heteroatoms. The number of halogens is 1. The minimum absolute atomic E-state index is 0.715. The van der Waals surface area contributed by atoms with E-state index in [1.54, 1.807) is 11.3 Å². The molecule has 4 aromatic rings. The van der Waals surface area contributed by atoms with Crippen molar-refractivity contribution in [3.8, 4) is 21.8 Å². The molecule has 0 unspecified atom stereocenters. The van der Waals surface area contributed by atoms with Gasteiger partial charge in [0.1, 0.15) is 5.01 Å². The first-order valence-electron chi connectivity index (χ1n) is 8.65. The maximum absolute atomic E-state index is 5.95. The summed E-state index contributed by atoms with van der Waals surface area (Å²) in [5.41, 5.74) is 7.99. The first kappa shape index (κ1) is 18.8. The fraction of sp³-hybridized carbons (Fsp3) is 0.0952. The van der Waals surface area contributed by atoms with E-state index < -0.39 is 0 Å². The zero-order chi connectivity index (χ0) is 19.5. The van der Waals surface area contributed by atoms with Crippen LogP contribution >= 0.6 is 34.3 Å². The summed E-state index contributed by atoms with van der Waals surface area (Å²) in [6.45, 7) is 4.00. The Morgan fingerprint density at radius 1 is 1.00 bits per heavy atom. The second-order valence-electron chi connectivity index (χ2n) is 6.15. The predicted molar refractivity (Wildman–Crippen MR) is 121 cm³/mol. The van der Waals surface area contributed by atoms with Gasteiger partial charge in [0.25, 0.3) is 0 Å². The standard InChI is InChI=1S/C21H17ClN4S2/c1-13-19(28-20(23-13)16-6-4-3-5-7-16)14(2)25-26-21-24-18(12-27-21)15-8-10-17(22)11-9-15/h3-12H,1-2H3,(H,24,26)/b25-14+. The van der Waals surface area contributed by atoms with Crippen molar-refractivity contribution >= 4 is 45.1 Å². The van der Waals surface area contributed by atoms with Crippen LogP contribution < -0.4 is 5.43 Å². The lowest BCUT2D eigenvalue weighted by Crippen LogP contribution is -1.99. The van der Waals surface area contributed by atoms with E-state index in [2.05, 4.69) is 27.6 Å². The molecule has 0 aliphatic rings. The van der Waals surface area contributed by atoms with Crippen molar-refractivity contribution in [2.45, 2.75) is 13.8 Å². The van der Waals surface area contributed by atoms with Crippen LogP contribution in [0.2, 0.25) is 5.02 Å². The summed E-state index contributed by atoms with van der Waals surface area (Å²) in [5, 5.41) is 8.98. The summed E-state index contributed by atoms with van der Waals surface area (Å²) in [6.07, 6.45) is 0. The third kappa shape index (κ3) is 4.14. The molecule has 2 heterocycles. The average molecular weight is 425 g/mol. The lowest BCUT2D eigenvalue weighted by Gasteiger charge is -1.99. The lowest BCUT2D eigenvalue weighted by atomic mass is 10.2. The first-order chi connectivity index (χ1) is 13.6. The monoisotopic (exact) mass is 424 g/mol. The molecule has 0 aliphatic heterocycles. The van der Waals surface area contributed by atoms with Gasteiger partial charge in [-0.05, 0) is 26.0 Å². The molecule has 0 fully saturated rings. The summed E-state index contributed by atoms with van der Waals surface area (Å²) >= 11 is 9.11. The van der Waals surface area contributed by atoms with Crippen molar-refractivity contribution in [3.63, 3.8) is 0 Å². The molecule has 140 valence electrons. The van der Waals surface area contributed by atoms with Crippen molar-refractivity contribution in [2.75, 3.05) is 5.43 Å². The smallest absolute Gasteiger partial charge is 0.203 e. The van der Waals surface area contributed by atoms with E-state index in [0.717, 1.165) is 43.2 Å². The maximum atomic E-state index is 5.95. The van der Waals surface area contributed by atoms with Crippen LogP contribution in [0.3, 0.4) is 0 Å². The Hall–Kier alpha value is -2.54. The van der Waals surface area contributed by atoms with Gasteiger partial charge in [-0.3, -0.25) is 5.43 Å². The van der Waals surface area contributed by atoms with E-state index in [-0.39, 0.29) is 0 Å². The number of anilines is 1. The van der Waals surface area contributed by atoms with Gasteiger partial charge < -0.3 is 0 Å². The van der Waals surface area contributed by atoms with Crippen molar-refractivity contribution in [1.82, 2.24) is 9.97 Å². The van der Waals surface area contributed by atoms with Gasteiger partial charge in [0.15, 0.2) is 0 Å². The molecule has 28 heavy (non-hydrogen) atoms. The van der Waals surface area contributed by atoms with Crippen LogP contribution in [-0.4, -0.2) is 15.7 Å². The van der Waals surface area contributed by atoms with Gasteiger partial charge in [0, 0.05) is 21.5 Å². The first-order valence-corrected chi connectivity index (χ1v) is 10.7. The van der Waals surface area contributed by atoms with E-state index >= 15 is 0 Å². The van der Waals surface area contributed by atoms with Gasteiger partial charge in [0.05, 0.1) is 22.0 Å². The number of benzene rings is 2. The summed E-state index contributed by atoms with van der Waals surface area (Å²) in [7, 11) is 0. The fourth-order valence-electron chi connectivity index (χ4n) is 2.70. The van der Waals surface area contributed by atoms with Crippen molar-refractivity contribution in [1.29, 1.82) is 0 Å². The Bertz CT molecular complexity index is 1120. The molecule has 2 aromatic heterocycles. The van der Waals surface area contributed by atoms with Crippen LogP contribution in [0.15, 0.2) is 65.1 Å². The summed E-state index contributed by atoms with van der Waals surface area (Å²) < 4.78 is 0. The molecule has 2 aromatic carbocycles. The van der Waals surface area contributed by atoms with E-state index in [0.29, 0.717) is 5.02 Å². The Balaban J connectivity index is 1.51. The maximum Gasteiger partial charge on any atom is 0.203 e. The molecule has 0 aliphatic carbocycles. The van der Waals surface area contributed by atoms with Crippen LogP contribution in [0.4, 0.5) is 5.13 Å². The third-order valence-electron chi connectivity index (χ3n) is 4.11. The fourth-order valence-corrected chi connectivity index (χ4v) is 4.50. The number of hydrogen-bond donors (Lipinski definition) is 1. The Morgan fingerprint density at radius 3 is 2.50 bits per heavy atom. The molecule has 1 N–H and O–H groups in total. The second-order valence-corrected chi connectivity index (χ2v) is 8.45. The van der Waals surface area contributed by atoms with Crippen LogP contribution in [-0.2, 0) is 0 Å². The van der Waals surface area contributed by atoms with Gasteiger partial charge >= 0.3 is 0 Å². The van der Waals surface area contributed by atoms with Gasteiger partial charge in [-0.1, -0.05) is 54.1 Å². The SMILES string of the molecule is C/C(=N\Nc1nc(-c2ccc(Cl)cc2)cs1)c1sc(-c2ccccc2)nc1C. The molecule has 4 nitrogen and oxygen atoms in total. The van der Waals surface area contributed by atoms with E-state index in [1.165, 1.54) is 11.3 Å². The summed E-state index contributed by atoms with van der Waals surface area (Å²) in [4.78, 5) is 10.4. The number of hydrogen-bond acceptors (Lipinski definition) is 6. The lowest BCUT2D eigenvalue weighted by molar-refractivity contribution is 1.24. The Kier molecular flexibility index (Phi) is 5.52. The van der Waals surface area contributed by atoms with E-state index in [1.807, 2.05) is 61.7 Å². The molecule has 0 amide bonds. The number of aromatic nitrogens is 2. The number of nitrogens with zero attached hydrogens (tertiary/aromatic N) is 3. The normalized spacial score (nSPS) is 11.6. The van der Waals surface area contributed by atoms with E-state index in [9.17, 15) is 0 Å². The summed E-state index contributed by atoms with van der Waals surface area (Å²) in [5.74, 6) is 0. The molecule has 0 spiro atoms. The molecular formula is C21H17ClN4S2. The van der Waals surface area contributed by atoms with Crippen molar-refractivity contribution in [3.05, 3.63) is 75.6 Å². The molecule has 0 atom stereocenters. The predicted octanol–water partition coefficient (Wildman–Crippen LogP) is 6.73. The molecular weight excluding hydrogens is 408 g/mol. The molecule has 0 radical (unpaired) electrons. The number of nitrogens with one attached hydrogen (secondary N) is 1. The van der Waals surface area contributed by atoms with Gasteiger partial charge in [-0.2, -0.15) is 5.10 Å². The highest BCUT2D eigenvalue weighted by molar-refractivity contribution is 7.17. The van der Waals surface area contributed by atoms with Crippen LogP contribution in [0, 0.1) is 6.92 Å². The highest BCUT2D eigenvalue weighted by Crippen LogP contribution is 2.29. The number of aryl methyl sites for hydroxylation is 1. The Morgan fingerprint density at radius 2 is 1.75 bits per heavy atom. The van der Waals surface area contributed by atoms with Crippen LogP contribution in [0.25, 0.3) is 21.8 Å². The molecule has 0 saturated heterocycles. The molecule has 0 bridgehead atoms. The van der Waals surface area contributed by atoms with Gasteiger partial charge in [0.2, 0.25) is 5.13 Å². The number of thiazole rings is 2. The van der Waals surface area contributed by atoms with E-state index in [4.69, 9.17) is 16.6 Å². The number of rotatable bonds is 5. The zero-order valence-corrected chi connectivity index (χ0v) is 17.7. The third-order valence-corrected chi connectivity index (χ3v) is 6.42. The largest absolute Gasteiger partial charge is 0.252 e. The minimum atomic E-state index is 0.715. The Labute approximate surface area is 176 Å². The second kappa shape index (κ2) is 8.22. The average Bonchev–Trinajstić information content (AvgIpc) is 3.34.